The molecule has 0 aromatic carbocycles. The molecule has 0 aliphatic carbocycles. The van der Waals surface area contributed by atoms with Crippen LogP contribution in [0.25, 0.3) is 0 Å². The Morgan fingerprint density at radius 2 is 1.43 bits per heavy atom. The Balaban J connectivity index is 0.000000208. The first-order valence-corrected chi connectivity index (χ1v) is 19.6. The van der Waals surface area contributed by atoms with Gasteiger partial charge in [0, 0.05) is 46.4 Å². The number of hydrogen-bond donors (Lipinski definition) is 5. The average molecular weight is 824 g/mol. The number of carbonyl (C=O) groups is 8. The van der Waals surface area contributed by atoms with E-state index >= 15 is 0 Å². The lowest BCUT2D eigenvalue weighted by atomic mass is 9.98. The summed E-state index contributed by atoms with van der Waals surface area (Å²) in [6.07, 6.45) is -0.795. The van der Waals surface area contributed by atoms with Crippen LogP contribution in [0, 0.1) is 0 Å². The minimum atomic E-state index is -1.66. The number of hydrogen-bond acceptors (Lipinski definition) is 15. The molecule has 2 aromatic rings. The van der Waals surface area contributed by atoms with Gasteiger partial charge in [0.2, 0.25) is 11.8 Å². The van der Waals surface area contributed by atoms with Crippen molar-refractivity contribution in [3.05, 3.63) is 67.3 Å². The van der Waals surface area contributed by atoms with Crippen molar-refractivity contribution >= 4 is 93.8 Å². The predicted octanol–water partition coefficient (Wildman–Crippen LogP) is 0.691. The van der Waals surface area contributed by atoms with Crippen LogP contribution in [0.3, 0.4) is 0 Å². The fraction of sp³-hybridized carbons (Fsp3) is 0.375. The molecule has 2 saturated heterocycles. The number of β-lactam (4-membered cyclic amide) rings is 2. The maximum atomic E-state index is 12.8. The van der Waals surface area contributed by atoms with Crippen LogP contribution in [0.1, 0.15) is 16.7 Å². The second-order valence-electron chi connectivity index (χ2n) is 11.7. The Labute approximate surface area is 323 Å². The Kier molecular flexibility index (Phi) is 12.7. The van der Waals surface area contributed by atoms with E-state index < -0.39 is 64.2 Å². The molecule has 2 aromatic heterocycles. The molecular formula is C32H33N5O13S4. The van der Waals surface area contributed by atoms with Gasteiger partial charge in [-0.25, -0.2) is 14.4 Å². The van der Waals surface area contributed by atoms with Crippen molar-refractivity contribution in [2.45, 2.75) is 42.3 Å². The van der Waals surface area contributed by atoms with Gasteiger partial charge in [0.1, 0.15) is 41.4 Å². The molecule has 0 saturated carbocycles. The van der Waals surface area contributed by atoms with Crippen molar-refractivity contribution in [1.29, 1.82) is 0 Å². The number of carboxylic acid groups (broad SMARTS) is 2. The van der Waals surface area contributed by atoms with Crippen molar-refractivity contribution in [2.24, 2.45) is 5.73 Å². The summed E-state index contributed by atoms with van der Waals surface area (Å²) < 4.78 is 14.9. The van der Waals surface area contributed by atoms with Gasteiger partial charge in [-0.05, 0) is 22.9 Å². The number of thioether (sulfide) groups is 2. The van der Waals surface area contributed by atoms with E-state index in [0.717, 1.165) is 19.6 Å². The molecule has 6 rings (SSSR count). The van der Waals surface area contributed by atoms with E-state index in [-0.39, 0.29) is 54.7 Å². The van der Waals surface area contributed by atoms with Crippen LogP contribution < -0.4 is 16.4 Å². The van der Waals surface area contributed by atoms with E-state index in [1.807, 2.05) is 29.0 Å². The number of nitrogens with zero attached hydrogens (tertiary/aromatic N) is 2. The SMILES string of the molecule is CC(=O)OCC1=C(C(=O)O)N2C(=O)[C@@H](NC(=O)Cc3cccs3)[C@H]2SC1.CO[C@@]1(NC(=O)Cc2cccs2)C(=O)N2C(C(=O)O)=C(COC(N)=O)CS[C@@H]21. The topological polar surface area (TPSA) is 261 Å². The van der Waals surface area contributed by atoms with Crippen LogP contribution in [0.5, 0.6) is 0 Å². The summed E-state index contributed by atoms with van der Waals surface area (Å²) in [5.41, 5.74) is 3.41. The zero-order chi connectivity index (χ0) is 39.3. The highest BCUT2D eigenvalue weighted by Gasteiger charge is 2.66. The van der Waals surface area contributed by atoms with E-state index in [4.69, 9.17) is 15.2 Å². The molecule has 22 heteroatoms. The number of fused-ring (bicyclic) bond motifs is 2. The standard InChI is InChI=1S/C16H17N3O7S2.C16H16N2O6S2/c1-25-16(18-10(20)5-9-3-2-4-27-9)13(23)19-11(12(21)22)8(6-26-15(17)24)7-28-14(16)19;1-8(19)24-6-9-7-26-15-12(14(21)18(15)13(9)16(22)23)17-11(20)5-10-3-2-4-25-10/h2-4,14H,5-7H2,1H3,(H2,17,24)(H,18,20)(H,21,22);2-4,12,15H,5-7H2,1H3,(H,17,20)(H,22,23)/t14-,16+;12-,15-/m11/s1. The second-order valence-corrected chi connectivity index (χ2v) is 15.9. The van der Waals surface area contributed by atoms with Crippen molar-refractivity contribution < 1.29 is 62.8 Å². The van der Waals surface area contributed by atoms with Crippen molar-refractivity contribution in [3.63, 3.8) is 0 Å². The van der Waals surface area contributed by atoms with Crippen molar-refractivity contribution in [2.75, 3.05) is 31.8 Å². The maximum absolute atomic E-state index is 12.8. The monoisotopic (exact) mass is 823 g/mol. The Morgan fingerprint density at radius 3 is 1.94 bits per heavy atom. The lowest BCUT2D eigenvalue weighted by Gasteiger charge is -2.55. The molecule has 18 nitrogen and oxygen atoms in total. The van der Waals surface area contributed by atoms with Gasteiger partial charge in [0.05, 0.1) is 12.8 Å². The first kappa shape index (κ1) is 40.3. The summed E-state index contributed by atoms with van der Waals surface area (Å²) in [5.74, 6) is -4.54. The third kappa shape index (κ3) is 8.41. The summed E-state index contributed by atoms with van der Waals surface area (Å²) in [4.78, 5) is 98.8. The number of rotatable bonds is 13. The molecule has 288 valence electrons. The molecular weight excluding hydrogens is 791 g/mol. The van der Waals surface area contributed by atoms with Gasteiger partial charge in [-0.2, -0.15) is 0 Å². The molecule has 54 heavy (non-hydrogen) atoms. The number of carbonyl (C=O) groups excluding carboxylic acids is 6. The van der Waals surface area contributed by atoms with Crippen LogP contribution in [-0.4, -0.2) is 122 Å². The van der Waals surface area contributed by atoms with Gasteiger partial charge in [-0.15, -0.1) is 46.2 Å². The normalized spacial score (nSPS) is 22.7. The number of nitrogens with one attached hydrogen (secondary N) is 2. The molecule has 4 atom stereocenters. The number of amides is 5. The predicted molar refractivity (Wildman–Crippen MR) is 194 cm³/mol. The Bertz CT molecular complexity index is 1920. The highest BCUT2D eigenvalue weighted by Crippen LogP contribution is 2.47. The third-order valence-corrected chi connectivity index (χ3v) is 12.7. The molecule has 0 bridgehead atoms. The van der Waals surface area contributed by atoms with Gasteiger partial charge in [-0.3, -0.25) is 33.8 Å². The smallest absolute Gasteiger partial charge is 0.404 e. The van der Waals surface area contributed by atoms with Gasteiger partial charge in [0.15, 0.2) is 0 Å². The molecule has 0 radical (unpaired) electrons. The number of methoxy groups -OCH3 is 1. The highest BCUT2D eigenvalue weighted by atomic mass is 32.2. The number of esters is 1. The van der Waals surface area contributed by atoms with E-state index in [0.29, 0.717) is 11.3 Å². The quantitative estimate of drug-likeness (QED) is 0.106. The average Bonchev–Trinajstić information content (AvgIpc) is 3.84. The number of aliphatic carboxylic acids is 2. The van der Waals surface area contributed by atoms with Gasteiger partial charge >= 0.3 is 24.0 Å². The van der Waals surface area contributed by atoms with E-state index in [1.54, 1.807) is 6.07 Å². The minimum absolute atomic E-state index is 0.0762. The number of ether oxygens (including phenoxy) is 3. The first-order chi connectivity index (χ1) is 25.7. The minimum Gasteiger partial charge on any atom is -0.477 e. The fourth-order valence-corrected chi connectivity index (χ4v) is 9.97. The van der Waals surface area contributed by atoms with Crippen LogP contribution in [0.15, 0.2) is 57.6 Å². The summed E-state index contributed by atoms with van der Waals surface area (Å²) in [5, 5.41) is 26.8. The largest absolute Gasteiger partial charge is 0.477 e. The Hall–Kier alpha value is -4.90. The number of carboxylic acids is 2. The van der Waals surface area contributed by atoms with Crippen LogP contribution >= 0.6 is 46.2 Å². The van der Waals surface area contributed by atoms with Crippen LogP contribution in [0.2, 0.25) is 0 Å². The highest BCUT2D eigenvalue weighted by molar-refractivity contribution is 8.00. The zero-order valence-electron chi connectivity index (χ0n) is 28.4. The second kappa shape index (κ2) is 17.1. The van der Waals surface area contributed by atoms with E-state index in [1.165, 1.54) is 60.2 Å². The summed E-state index contributed by atoms with van der Waals surface area (Å²) in [7, 11) is 1.27. The van der Waals surface area contributed by atoms with Gasteiger partial charge in [0.25, 0.3) is 17.5 Å². The fourth-order valence-electron chi connectivity index (χ4n) is 5.81. The van der Waals surface area contributed by atoms with Gasteiger partial charge < -0.3 is 40.8 Å². The number of primary amides is 1. The molecule has 5 amide bonds. The van der Waals surface area contributed by atoms with E-state index in [2.05, 4.69) is 15.4 Å². The summed E-state index contributed by atoms with van der Waals surface area (Å²) >= 11 is 5.39. The van der Waals surface area contributed by atoms with Crippen molar-refractivity contribution in [3.8, 4) is 0 Å². The molecule has 6 N–H and O–H groups in total. The van der Waals surface area contributed by atoms with Crippen molar-refractivity contribution in [1.82, 2.24) is 20.4 Å². The number of thiophene rings is 2. The van der Waals surface area contributed by atoms with Gasteiger partial charge in [-0.1, -0.05) is 12.1 Å². The van der Waals surface area contributed by atoms with Crippen LogP contribution in [0.4, 0.5) is 4.79 Å². The summed E-state index contributed by atoms with van der Waals surface area (Å²) in [6, 6.07) is 6.53. The molecule has 0 spiro atoms. The molecule has 2 fully saturated rings. The zero-order valence-corrected chi connectivity index (χ0v) is 31.7. The molecule has 4 aliphatic heterocycles. The van der Waals surface area contributed by atoms with Crippen LogP contribution in [-0.2, 0) is 60.6 Å². The number of nitrogens with two attached hydrogens (primary N) is 1. The molecule has 0 unspecified atom stereocenters. The maximum Gasteiger partial charge on any atom is 0.404 e. The molecule has 6 heterocycles. The molecule has 4 aliphatic rings. The Morgan fingerprint density at radius 1 is 0.870 bits per heavy atom. The first-order valence-electron chi connectivity index (χ1n) is 15.7. The lowest BCUT2D eigenvalue weighted by Crippen LogP contribution is -2.80. The van der Waals surface area contributed by atoms with E-state index in [9.17, 15) is 48.6 Å². The summed E-state index contributed by atoms with van der Waals surface area (Å²) in [6.45, 7) is 0.717. The lowest BCUT2D eigenvalue weighted by molar-refractivity contribution is -0.192. The third-order valence-electron chi connectivity index (χ3n) is 8.19.